The number of primary amides is 2. The van der Waals surface area contributed by atoms with E-state index in [1.165, 1.54) is 23.6 Å². The largest absolute Gasteiger partial charge is 0.370 e. The van der Waals surface area contributed by atoms with Crippen LogP contribution in [0.3, 0.4) is 0 Å². The molecule has 0 radical (unpaired) electrons. The predicted octanol–water partition coefficient (Wildman–Crippen LogP) is 4.73. The van der Waals surface area contributed by atoms with E-state index in [0.29, 0.717) is 17.8 Å². The summed E-state index contributed by atoms with van der Waals surface area (Å²) in [7, 11) is 0. The van der Waals surface area contributed by atoms with Gasteiger partial charge in [0, 0.05) is 18.5 Å². The Balaban J connectivity index is 0.000000621. The summed E-state index contributed by atoms with van der Waals surface area (Å²) in [6, 6.07) is 13.8. The molecule has 0 saturated heterocycles. The fraction of sp³-hybridized carbons (Fsp3) is 0.387. The quantitative estimate of drug-likeness (QED) is 0.327. The molecule has 1 heterocycles. The molecule has 2 amide bonds. The summed E-state index contributed by atoms with van der Waals surface area (Å²) in [6.45, 7) is 11.7. The first-order valence-corrected chi connectivity index (χ1v) is 13.5. The highest BCUT2D eigenvalue weighted by molar-refractivity contribution is 5.93. The van der Waals surface area contributed by atoms with Gasteiger partial charge in [0.15, 0.2) is 5.82 Å². The van der Waals surface area contributed by atoms with Crippen molar-refractivity contribution in [1.29, 1.82) is 0 Å². The number of amides is 2. The number of hydrogen-bond acceptors (Lipinski definition) is 6. The van der Waals surface area contributed by atoms with E-state index >= 15 is 0 Å². The maximum absolute atomic E-state index is 11.9. The number of carbonyl (C=O) groups is 2. The first-order valence-electron chi connectivity index (χ1n) is 13.5. The van der Waals surface area contributed by atoms with Crippen molar-refractivity contribution in [3.05, 3.63) is 99.4 Å². The molecule has 9 heteroatoms. The van der Waals surface area contributed by atoms with Gasteiger partial charge in [0.05, 0.1) is 5.41 Å². The highest BCUT2D eigenvalue weighted by atomic mass is 16.1. The van der Waals surface area contributed by atoms with Crippen LogP contribution in [0, 0.1) is 6.92 Å². The first kappa shape index (κ1) is 32.1. The van der Waals surface area contributed by atoms with E-state index in [4.69, 9.17) is 11.5 Å². The zero-order valence-corrected chi connectivity index (χ0v) is 24.5. The van der Waals surface area contributed by atoms with E-state index in [1.54, 1.807) is 6.07 Å². The third-order valence-corrected chi connectivity index (χ3v) is 7.09. The molecular formula is C31H43N7O2. The summed E-state index contributed by atoms with van der Waals surface area (Å²) in [4.78, 5) is 21.1. The topological polar surface area (TPSA) is 167 Å². The van der Waals surface area contributed by atoms with Gasteiger partial charge in [-0.15, -0.1) is 10.2 Å². The van der Waals surface area contributed by atoms with Crippen molar-refractivity contribution in [2.45, 2.75) is 78.7 Å². The van der Waals surface area contributed by atoms with Crippen molar-refractivity contribution in [1.82, 2.24) is 20.6 Å². The Labute approximate surface area is 237 Å². The van der Waals surface area contributed by atoms with Crippen LogP contribution in [-0.4, -0.2) is 32.4 Å². The SMILES string of the molecule is C/C=C\C.CC(N)=O.CCC1=C(C)CCc2cc(C(N)=O)ccc2C1(C[C@H](N)c1ccc(C)cc1)c1nn[nH]n1. The Bertz CT molecular complexity index is 1320. The lowest BCUT2D eigenvalue weighted by Crippen LogP contribution is -2.37. The number of fused-ring (bicyclic) bond motifs is 1. The summed E-state index contributed by atoms with van der Waals surface area (Å²) in [5, 5.41) is 15.5. The third-order valence-electron chi connectivity index (χ3n) is 7.09. The van der Waals surface area contributed by atoms with Gasteiger partial charge in [-0.05, 0) is 82.2 Å². The van der Waals surface area contributed by atoms with Crippen LogP contribution in [0.15, 0.2) is 65.8 Å². The van der Waals surface area contributed by atoms with E-state index in [0.717, 1.165) is 36.0 Å². The lowest BCUT2D eigenvalue weighted by Gasteiger charge is -2.37. The second kappa shape index (κ2) is 14.9. The van der Waals surface area contributed by atoms with E-state index in [9.17, 15) is 9.59 Å². The molecule has 2 atom stereocenters. The minimum absolute atomic E-state index is 0.245. The minimum atomic E-state index is -0.655. The highest BCUT2D eigenvalue weighted by Crippen LogP contribution is 2.49. The number of aryl methyl sites for hydroxylation is 2. The molecule has 3 aromatic rings. The number of tetrazole rings is 1. The summed E-state index contributed by atoms with van der Waals surface area (Å²) in [5.74, 6) is -0.162. The van der Waals surface area contributed by atoms with Gasteiger partial charge in [-0.2, -0.15) is 5.21 Å². The van der Waals surface area contributed by atoms with Crippen LogP contribution in [-0.2, 0) is 16.6 Å². The molecule has 0 spiro atoms. The number of carbonyl (C=O) groups excluding carboxylic acids is 2. The molecule has 1 unspecified atom stereocenters. The van der Waals surface area contributed by atoms with Crippen LogP contribution in [0.5, 0.6) is 0 Å². The molecule has 4 rings (SSSR count). The summed E-state index contributed by atoms with van der Waals surface area (Å²) >= 11 is 0. The van der Waals surface area contributed by atoms with Gasteiger partial charge in [0.1, 0.15) is 0 Å². The van der Waals surface area contributed by atoms with E-state index in [1.807, 2.05) is 38.1 Å². The van der Waals surface area contributed by atoms with Crippen molar-refractivity contribution in [2.24, 2.45) is 17.2 Å². The van der Waals surface area contributed by atoms with Crippen molar-refractivity contribution < 1.29 is 9.59 Å². The van der Waals surface area contributed by atoms with Crippen molar-refractivity contribution in [3.8, 4) is 0 Å². The second-order valence-corrected chi connectivity index (χ2v) is 9.99. The Morgan fingerprint density at radius 2 is 1.68 bits per heavy atom. The summed E-state index contributed by atoms with van der Waals surface area (Å²) < 4.78 is 0. The number of allylic oxidation sites excluding steroid dienone is 4. The van der Waals surface area contributed by atoms with Crippen LogP contribution in [0.1, 0.15) is 98.4 Å². The molecule has 9 nitrogen and oxygen atoms in total. The maximum atomic E-state index is 11.9. The van der Waals surface area contributed by atoms with Crippen LogP contribution in [0.4, 0.5) is 0 Å². The molecule has 7 N–H and O–H groups in total. The van der Waals surface area contributed by atoms with Gasteiger partial charge < -0.3 is 17.2 Å². The van der Waals surface area contributed by atoms with Gasteiger partial charge in [0.2, 0.25) is 11.8 Å². The molecule has 214 valence electrons. The van der Waals surface area contributed by atoms with Gasteiger partial charge in [-0.1, -0.05) is 71.3 Å². The lowest BCUT2D eigenvalue weighted by molar-refractivity contribution is -0.115. The Hall–Kier alpha value is -4.11. The fourth-order valence-electron chi connectivity index (χ4n) is 5.16. The van der Waals surface area contributed by atoms with Crippen LogP contribution in [0.25, 0.3) is 0 Å². The smallest absolute Gasteiger partial charge is 0.248 e. The zero-order chi connectivity index (χ0) is 29.9. The van der Waals surface area contributed by atoms with Gasteiger partial charge in [0.25, 0.3) is 0 Å². The number of aromatic amines is 1. The second-order valence-electron chi connectivity index (χ2n) is 9.99. The fourth-order valence-corrected chi connectivity index (χ4v) is 5.16. The van der Waals surface area contributed by atoms with Crippen LogP contribution < -0.4 is 17.2 Å². The Kier molecular flexibility index (Phi) is 11.9. The number of rotatable bonds is 6. The molecule has 1 aromatic heterocycles. The molecule has 0 bridgehead atoms. The lowest BCUT2D eigenvalue weighted by atomic mass is 9.66. The predicted molar refractivity (Wildman–Crippen MR) is 159 cm³/mol. The molecule has 0 saturated carbocycles. The molecule has 1 aliphatic rings. The standard InChI is InChI=1S/C25H30N6O.C4H8.C2H5NO/c1-4-20-16(3)7-10-18-13-19(23(27)32)11-12-21(18)25(20,24-28-30-31-29-24)14-22(26)17-8-5-15(2)6-9-17;1-3-4-2;1-2(3)4/h5-6,8-9,11-13,22H,4,7,10,14,26H2,1-3H3,(H2,27,32)(H,28,29,30,31);3-4H,1-2H3;1H3,(H2,3,4)/b;4-3-;/t22-,25?;;/m0../s1. The molecule has 40 heavy (non-hydrogen) atoms. The Morgan fingerprint density at radius 1 is 1.05 bits per heavy atom. The summed E-state index contributed by atoms with van der Waals surface area (Å²) in [6.07, 6.45) is 7.11. The molecule has 0 fully saturated rings. The normalized spacial score (nSPS) is 17.1. The van der Waals surface area contributed by atoms with Crippen molar-refractivity contribution in [2.75, 3.05) is 0 Å². The van der Waals surface area contributed by atoms with Crippen LogP contribution >= 0.6 is 0 Å². The maximum Gasteiger partial charge on any atom is 0.248 e. The highest BCUT2D eigenvalue weighted by Gasteiger charge is 2.46. The van der Waals surface area contributed by atoms with Gasteiger partial charge in [-0.25, -0.2) is 0 Å². The van der Waals surface area contributed by atoms with Crippen LogP contribution in [0.2, 0.25) is 0 Å². The average Bonchev–Trinajstić information content (AvgIpc) is 3.44. The summed E-state index contributed by atoms with van der Waals surface area (Å²) in [5.41, 5.74) is 23.7. The van der Waals surface area contributed by atoms with Gasteiger partial charge in [-0.3, -0.25) is 9.59 Å². The number of nitrogens with one attached hydrogen (secondary N) is 1. The zero-order valence-electron chi connectivity index (χ0n) is 24.5. The monoisotopic (exact) mass is 545 g/mol. The van der Waals surface area contributed by atoms with Crippen molar-refractivity contribution in [3.63, 3.8) is 0 Å². The third kappa shape index (κ3) is 7.72. The average molecular weight is 546 g/mol. The number of nitrogens with two attached hydrogens (primary N) is 3. The van der Waals surface area contributed by atoms with Gasteiger partial charge >= 0.3 is 0 Å². The van der Waals surface area contributed by atoms with Crippen molar-refractivity contribution >= 4 is 11.8 Å². The van der Waals surface area contributed by atoms with E-state index in [2.05, 4.69) is 71.4 Å². The van der Waals surface area contributed by atoms with E-state index in [-0.39, 0.29) is 11.9 Å². The molecule has 1 aliphatic carbocycles. The molecule has 2 aromatic carbocycles. The first-order chi connectivity index (χ1) is 19.0. The molecule has 0 aliphatic heterocycles. The molecular weight excluding hydrogens is 502 g/mol. The number of benzene rings is 2. The van der Waals surface area contributed by atoms with E-state index < -0.39 is 11.3 Å². The number of nitrogens with zero attached hydrogens (tertiary/aromatic N) is 3. The Morgan fingerprint density at radius 3 is 2.17 bits per heavy atom. The number of hydrogen-bond donors (Lipinski definition) is 4. The number of aromatic nitrogens is 4. The number of H-pyrrole nitrogens is 1. The minimum Gasteiger partial charge on any atom is -0.370 e.